The number of nitrogens with zero attached hydrogens (tertiary/aromatic N) is 2. The molecule has 1 aliphatic rings. The molecule has 1 aromatic heterocycles. The summed E-state index contributed by atoms with van der Waals surface area (Å²) in [6, 6.07) is 7.33. The van der Waals surface area contributed by atoms with Gasteiger partial charge in [0.1, 0.15) is 0 Å². The van der Waals surface area contributed by atoms with E-state index < -0.39 is 0 Å². The van der Waals surface area contributed by atoms with E-state index >= 15 is 0 Å². The number of halogens is 1. The molecule has 0 unspecified atom stereocenters. The first kappa shape index (κ1) is 16.0. The number of hydrogen-bond donors (Lipinski definition) is 0. The Balaban J connectivity index is 1.91. The number of carbonyl (C=O) groups is 1. The average molecular weight is 331 g/mol. The van der Waals surface area contributed by atoms with Gasteiger partial charge in [-0.3, -0.25) is 9.78 Å². The topological polar surface area (TPSA) is 42.4 Å². The second kappa shape index (κ2) is 6.69. The van der Waals surface area contributed by atoms with Crippen molar-refractivity contribution in [1.29, 1.82) is 0 Å². The second-order valence-electron chi connectivity index (χ2n) is 5.87. The lowest BCUT2D eigenvalue weighted by Crippen LogP contribution is -2.38. The summed E-state index contributed by atoms with van der Waals surface area (Å²) in [6.45, 7) is 5.07. The van der Waals surface area contributed by atoms with Crippen molar-refractivity contribution in [2.45, 2.75) is 33.0 Å². The van der Waals surface area contributed by atoms with Crippen LogP contribution in [0.5, 0.6) is 0 Å². The van der Waals surface area contributed by atoms with Crippen molar-refractivity contribution in [3.63, 3.8) is 0 Å². The van der Waals surface area contributed by atoms with E-state index in [9.17, 15) is 4.79 Å². The van der Waals surface area contributed by atoms with Gasteiger partial charge in [0.2, 0.25) is 0 Å². The molecule has 0 spiro atoms. The minimum Gasteiger partial charge on any atom is -0.374 e. The van der Waals surface area contributed by atoms with Crippen LogP contribution in [0, 0.1) is 0 Å². The first-order chi connectivity index (χ1) is 11.1. The van der Waals surface area contributed by atoms with Crippen LogP contribution in [0.15, 0.2) is 36.7 Å². The second-order valence-corrected chi connectivity index (χ2v) is 6.31. The highest BCUT2D eigenvalue weighted by Gasteiger charge is 2.27. The summed E-state index contributed by atoms with van der Waals surface area (Å²) < 4.78 is 5.70. The van der Waals surface area contributed by atoms with E-state index in [4.69, 9.17) is 16.3 Å². The fraction of sp³-hybridized carbons (Fsp3) is 0.333. The molecule has 3 rings (SSSR count). The summed E-state index contributed by atoms with van der Waals surface area (Å²) >= 11 is 6.02. The molecule has 2 aromatic rings. The van der Waals surface area contributed by atoms with Crippen LogP contribution < -0.4 is 4.90 Å². The Hall–Kier alpha value is -1.91. The van der Waals surface area contributed by atoms with Crippen LogP contribution in [-0.4, -0.2) is 23.5 Å². The molecule has 1 aromatic carbocycles. The molecule has 120 valence electrons. The van der Waals surface area contributed by atoms with Crippen LogP contribution in [0.2, 0.25) is 5.02 Å². The van der Waals surface area contributed by atoms with E-state index in [0.717, 1.165) is 23.2 Å². The molecule has 4 nitrogen and oxygen atoms in total. The number of hydrogen-bond acceptors (Lipinski definition) is 3. The Bertz CT molecular complexity index is 731. The van der Waals surface area contributed by atoms with Gasteiger partial charge in [-0.05, 0) is 50.1 Å². The molecule has 0 fully saturated rings. The molecule has 0 saturated carbocycles. The molecule has 23 heavy (non-hydrogen) atoms. The molecule has 0 aliphatic carbocycles. The van der Waals surface area contributed by atoms with Crippen molar-refractivity contribution in [3.8, 4) is 0 Å². The minimum atomic E-state index is -0.0123. The number of rotatable bonds is 4. The van der Waals surface area contributed by atoms with E-state index in [2.05, 4.69) is 4.98 Å². The van der Waals surface area contributed by atoms with E-state index in [0.29, 0.717) is 23.7 Å². The average Bonchev–Trinajstić information content (AvgIpc) is 2.53. The van der Waals surface area contributed by atoms with Gasteiger partial charge in [-0.25, -0.2) is 0 Å². The number of pyridine rings is 1. The van der Waals surface area contributed by atoms with Crippen LogP contribution in [0.25, 0.3) is 0 Å². The Morgan fingerprint density at radius 1 is 1.35 bits per heavy atom. The zero-order valence-electron chi connectivity index (χ0n) is 13.3. The molecule has 1 aliphatic heterocycles. The third-order valence-corrected chi connectivity index (χ3v) is 4.13. The predicted octanol–water partition coefficient (Wildman–Crippen LogP) is 3.86. The molecule has 0 atom stereocenters. The number of fused-ring (bicyclic) bond motifs is 1. The van der Waals surface area contributed by atoms with E-state index in [1.54, 1.807) is 29.4 Å². The van der Waals surface area contributed by atoms with Gasteiger partial charge in [-0.2, -0.15) is 0 Å². The van der Waals surface area contributed by atoms with Gasteiger partial charge in [-0.1, -0.05) is 11.6 Å². The fourth-order valence-corrected chi connectivity index (χ4v) is 2.92. The van der Waals surface area contributed by atoms with Crippen molar-refractivity contribution in [1.82, 2.24) is 4.98 Å². The normalized spacial score (nSPS) is 14.3. The van der Waals surface area contributed by atoms with Crippen LogP contribution in [0.3, 0.4) is 0 Å². The monoisotopic (exact) mass is 330 g/mol. The maximum atomic E-state index is 12.8. The predicted molar refractivity (Wildman–Crippen MR) is 91.0 cm³/mol. The number of benzene rings is 1. The van der Waals surface area contributed by atoms with Crippen molar-refractivity contribution < 1.29 is 9.53 Å². The van der Waals surface area contributed by atoms with E-state index in [-0.39, 0.29) is 12.0 Å². The lowest BCUT2D eigenvalue weighted by Gasteiger charge is -2.30. The molecular weight excluding hydrogens is 312 g/mol. The fourth-order valence-electron chi connectivity index (χ4n) is 2.72. The minimum absolute atomic E-state index is 0.0123. The number of aromatic nitrogens is 1. The molecule has 1 amide bonds. The Labute approximate surface area is 141 Å². The van der Waals surface area contributed by atoms with Gasteiger partial charge in [0.15, 0.2) is 0 Å². The molecule has 0 saturated heterocycles. The van der Waals surface area contributed by atoms with Crippen LogP contribution in [-0.2, 0) is 17.8 Å². The van der Waals surface area contributed by atoms with Crippen molar-refractivity contribution >= 4 is 23.2 Å². The van der Waals surface area contributed by atoms with E-state index in [1.165, 1.54) is 0 Å². The Morgan fingerprint density at radius 2 is 2.17 bits per heavy atom. The van der Waals surface area contributed by atoms with Crippen LogP contribution >= 0.6 is 11.6 Å². The highest BCUT2D eigenvalue weighted by atomic mass is 35.5. The standard InChI is InChI=1S/C18H19ClN2O2/c1-12(2)23-11-14-5-7-20-10-17(14)21-8-6-13-9-15(19)3-4-16(13)18(21)22/h3-5,7,9-10,12H,6,8,11H2,1-2H3. The summed E-state index contributed by atoms with van der Waals surface area (Å²) in [5.74, 6) is -0.0123. The van der Waals surface area contributed by atoms with Gasteiger partial charge in [0, 0.05) is 28.9 Å². The summed E-state index contributed by atoms with van der Waals surface area (Å²) in [4.78, 5) is 18.8. The zero-order valence-corrected chi connectivity index (χ0v) is 14.0. The van der Waals surface area contributed by atoms with Crippen molar-refractivity contribution in [2.24, 2.45) is 0 Å². The van der Waals surface area contributed by atoms with Crippen molar-refractivity contribution in [3.05, 3.63) is 58.4 Å². The summed E-state index contributed by atoms with van der Waals surface area (Å²) in [7, 11) is 0. The molecule has 0 N–H and O–H groups in total. The largest absolute Gasteiger partial charge is 0.374 e. The quantitative estimate of drug-likeness (QED) is 0.854. The number of amides is 1. The van der Waals surface area contributed by atoms with Gasteiger partial charge in [0.05, 0.1) is 24.6 Å². The summed E-state index contributed by atoms with van der Waals surface area (Å²) in [5.41, 5.74) is 3.50. The number of anilines is 1. The summed E-state index contributed by atoms with van der Waals surface area (Å²) in [6.07, 6.45) is 4.37. The highest BCUT2D eigenvalue weighted by molar-refractivity contribution is 6.30. The lowest BCUT2D eigenvalue weighted by atomic mass is 9.98. The maximum Gasteiger partial charge on any atom is 0.258 e. The first-order valence-corrected chi connectivity index (χ1v) is 8.09. The molecule has 2 heterocycles. The van der Waals surface area contributed by atoms with Gasteiger partial charge >= 0.3 is 0 Å². The summed E-state index contributed by atoms with van der Waals surface area (Å²) in [5, 5.41) is 0.664. The van der Waals surface area contributed by atoms with Crippen molar-refractivity contribution in [2.75, 3.05) is 11.4 Å². The van der Waals surface area contributed by atoms with Crippen LogP contribution in [0.1, 0.15) is 35.3 Å². The maximum absolute atomic E-state index is 12.8. The van der Waals surface area contributed by atoms with Gasteiger partial charge < -0.3 is 9.64 Å². The Morgan fingerprint density at radius 3 is 2.96 bits per heavy atom. The molecule has 5 heteroatoms. The molecule has 0 radical (unpaired) electrons. The molecular formula is C18H19ClN2O2. The SMILES string of the molecule is CC(C)OCc1ccncc1N1CCc2cc(Cl)ccc2C1=O. The number of carbonyl (C=O) groups excluding carboxylic acids is 1. The third-order valence-electron chi connectivity index (χ3n) is 3.90. The zero-order chi connectivity index (χ0) is 16.4. The van der Waals surface area contributed by atoms with Crippen LogP contribution in [0.4, 0.5) is 5.69 Å². The highest BCUT2D eigenvalue weighted by Crippen LogP contribution is 2.28. The lowest BCUT2D eigenvalue weighted by molar-refractivity contribution is 0.0658. The number of ether oxygens (including phenoxy) is 1. The van der Waals surface area contributed by atoms with Gasteiger partial charge in [0.25, 0.3) is 5.91 Å². The first-order valence-electron chi connectivity index (χ1n) is 7.71. The van der Waals surface area contributed by atoms with Gasteiger partial charge in [-0.15, -0.1) is 0 Å². The molecule has 0 bridgehead atoms. The smallest absolute Gasteiger partial charge is 0.258 e. The Kier molecular flexibility index (Phi) is 4.64. The van der Waals surface area contributed by atoms with E-state index in [1.807, 2.05) is 26.0 Å². The third kappa shape index (κ3) is 3.38.